The van der Waals surface area contributed by atoms with E-state index in [0.717, 1.165) is 26.1 Å². The van der Waals surface area contributed by atoms with Crippen molar-refractivity contribution in [2.45, 2.75) is 45.6 Å². The van der Waals surface area contributed by atoms with Crippen LogP contribution in [0.4, 0.5) is 0 Å². The number of nitrogens with zero attached hydrogens (tertiary/aromatic N) is 2. The van der Waals surface area contributed by atoms with Gasteiger partial charge in [-0.1, -0.05) is 20.3 Å². The summed E-state index contributed by atoms with van der Waals surface area (Å²) in [6.45, 7) is 8.31. The largest absolute Gasteiger partial charge is 0.354 e. The van der Waals surface area contributed by atoms with Crippen molar-refractivity contribution >= 4 is 5.91 Å². The van der Waals surface area contributed by atoms with Crippen molar-refractivity contribution in [3.63, 3.8) is 0 Å². The number of carbonyl (C=O) groups excluding carboxylic acids is 1. The molecule has 0 aromatic rings. The van der Waals surface area contributed by atoms with Crippen LogP contribution >= 0.6 is 0 Å². The van der Waals surface area contributed by atoms with Gasteiger partial charge in [0, 0.05) is 19.1 Å². The van der Waals surface area contributed by atoms with Gasteiger partial charge in [0.1, 0.15) is 0 Å². The van der Waals surface area contributed by atoms with Crippen molar-refractivity contribution < 1.29 is 4.79 Å². The minimum atomic E-state index is 0.0380. The number of carbonyl (C=O) groups is 1. The third-order valence-electron chi connectivity index (χ3n) is 3.59. The molecular weight excluding hydrogens is 252 g/mol. The zero-order chi connectivity index (χ0) is 14.8. The molecule has 0 aromatic heterocycles. The van der Waals surface area contributed by atoms with Gasteiger partial charge in [0.25, 0.3) is 0 Å². The summed E-state index contributed by atoms with van der Waals surface area (Å²) in [5.74, 6) is 0.692. The van der Waals surface area contributed by atoms with Crippen LogP contribution in [0.5, 0.6) is 0 Å². The molecule has 0 aliphatic carbocycles. The second-order valence-corrected chi connectivity index (χ2v) is 5.93. The molecule has 0 radical (unpaired) electrons. The van der Waals surface area contributed by atoms with Crippen LogP contribution in [0, 0.1) is 17.2 Å². The lowest BCUT2D eigenvalue weighted by molar-refractivity contribution is -0.123. The summed E-state index contributed by atoms with van der Waals surface area (Å²) in [4.78, 5) is 14.1. The Morgan fingerprint density at radius 2 is 2.25 bits per heavy atom. The molecule has 1 unspecified atom stereocenters. The van der Waals surface area contributed by atoms with Crippen molar-refractivity contribution in [2.24, 2.45) is 5.92 Å². The molecule has 5 nitrogen and oxygen atoms in total. The van der Waals surface area contributed by atoms with Crippen LogP contribution in [0.1, 0.15) is 39.5 Å². The third-order valence-corrected chi connectivity index (χ3v) is 3.59. The van der Waals surface area contributed by atoms with Gasteiger partial charge in [0.2, 0.25) is 5.91 Å². The van der Waals surface area contributed by atoms with Crippen LogP contribution in [-0.4, -0.2) is 49.6 Å². The Bertz CT molecular complexity index is 324. The maximum atomic E-state index is 11.8. The molecule has 0 saturated carbocycles. The standard InChI is InChI=1S/C15H28N4O/c1-13(2)10-17-11-14-6-3-4-9-19(14)12-15(20)18-8-5-7-16/h13-14,17H,3-6,8-12H2,1-2H3,(H,18,20). The first-order valence-electron chi connectivity index (χ1n) is 7.72. The van der Waals surface area contributed by atoms with E-state index < -0.39 is 0 Å². The molecule has 1 aliphatic rings. The fourth-order valence-corrected chi connectivity index (χ4v) is 2.54. The Morgan fingerprint density at radius 1 is 1.45 bits per heavy atom. The van der Waals surface area contributed by atoms with E-state index in [4.69, 9.17) is 5.26 Å². The lowest BCUT2D eigenvalue weighted by atomic mass is 10.0. The molecule has 5 heteroatoms. The molecule has 0 aromatic carbocycles. The van der Waals surface area contributed by atoms with Gasteiger partial charge in [-0.25, -0.2) is 0 Å². The highest BCUT2D eigenvalue weighted by molar-refractivity contribution is 5.78. The Hall–Kier alpha value is -1.12. The maximum absolute atomic E-state index is 11.8. The predicted octanol–water partition coefficient (Wildman–Crippen LogP) is 1.12. The molecular formula is C15H28N4O. The zero-order valence-electron chi connectivity index (χ0n) is 12.8. The molecule has 1 atom stereocenters. The first-order valence-corrected chi connectivity index (χ1v) is 7.72. The van der Waals surface area contributed by atoms with Crippen molar-refractivity contribution in [3.05, 3.63) is 0 Å². The fraction of sp³-hybridized carbons (Fsp3) is 0.867. The SMILES string of the molecule is CC(C)CNCC1CCCCN1CC(=O)NCCC#N. The van der Waals surface area contributed by atoms with E-state index in [9.17, 15) is 4.79 Å². The first-order chi connectivity index (χ1) is 9.63. The average Bonchev–Trinajstić information content (AvgIpc) is 2.40. The average molecular weight is 280 g/mol. The lowest BCUT2D eigenvalue weighted by Gasteiger charge is -2.35. The minimum Gasteiger partial charge on any atom is -0.354 e. The van der Waals surface area contributed by atoms with Crippen LogP contribution in [-0.2, 0) is 4.79 Å². The van der Waals surface area contributed by atoms with E-state index >= 15 is 0 Å². The van der Waals surface area contributed by atoms with Crippen molar-refractivity contribution in [1.29, 1.82) is 5.26 Å². The van der Waals surface area contributed by atoms with E-state index in [1.165, 1.54) is 12.8 Å². The van der Waals surface area contributed by atoms with E-state index in [0.29, 0.717) is 31.5 Å². The quantitative estimate of drug-likeness (QED) is 0.654. The van der Waals surface area contributed by atoms with Gasteiger partial charge in [-0.2, -0.15) is 5.26 Å². The summed E-state index contributed by atoms with van der Waals surface area (Å²) in [7, 11) is 0. The number of piperidine rings is 1. The van der Waals surface area contributed by atoms with Crippen LogP contribution in [0.2, 0.25) is 0 Å². The van der Waals surface area contributed by atoms with Gasteiger partial charge in [0.05, 0.1) is 19.0 Å². The topological polar surface area (TPSA) is 68.2 Å². The van der Waals surface area contributed by atoms with E-state index in [2.05, 4.69) is 29.4 Å². The summed E-state index contributed by atoms with van der Waals surface area (Å²) >= 11 is 0. The smallest absolute Gasteiger partial charge is 0.234 e. The summed E-state index contributed by atoms with van der Waals surface area (Å²) in [5, 5.41) is 14.8. The van der Waals surface area contributed by atoms with Crippen LogP contribution in [0.3, 0.4) is 0 Å². The summed E-state index contributed by atoms with van der Waals surface area (Å²) in [6.07, 6.45) is 3.97. The molecule has 1 heterocycles. The second kappa shape index (κ2) is 9.73. The number of hydrogen-bond donors (Lipinski definition) is 2. The second-order valence-electron chi connectivity index (χ2n) is 5.93. The van der Waals surface area contributed by atoms with Crippen LogP contribution in [0.15, 0.2) is 0 Å². The highest BCUT2D eigenvalue weighted by Crippen LogP contribution is 2.16. The number of nitriles is 1. The first kappa shape index (κ1) is 16.9. The number of amides is 1. The number of nitrogens with one attached hydrogen (secondary N) is 2. The van der Waals surface area contributed by atoms with Crippen LogP contribution in [0.25, 0.3) is 0 Å². The third kappa shape index (κ3) is 6.88. The van der Waals surface area contributed by atoms with E-state index in [1.807, 2.05) is 6.07 Å². The molecule has 0 spiro atoms. The van der Waals surface area contributed by atoms with Gasteiger partial charge < -0.3 is 10.6 Å². The monoisotopic (exact) mass is 280 g/mol. The Kier molecular flexibility index (Phi) is 8.24. The molecule has 20 heavy (non-hydrogen) atoms. The highest BCUT2D eigenvalue weighted by atomic mass is 16.2. The van der Waals surface area contributed by atoms with E-state index in [1.54, 1.807) is 0 Å². The molecule has 114 valence electrons. The van der Waals surface area contributed by atoms with Crippen molar-refractivity contribution in [2.75, 3.05) is 32.7 Å². The molecule has 2 N–H and O–H groups in total. The zero-order valence-corrected chi connectivity index (χ0v) is 12.8. The van der Waals surface area contributed by atoms with Gasteiger partial charge in [-0.05, 0) is 31.8 Å². The van der Waals surface area contributed by atoms with Crippen molar-refractivity contribution in [1.82, 2.24) is 15.5 Å². The Labute approximate surface area is 122 Å². The minimum absolute atomic E-state index is 0.0380. The predicted molar refractivity (Wildman–Crippen MR) is 80.2 cm³/mol. The maximum Gasteiger partial charge on any atom is 0.234 e. The Balaban J connectivity index is 2.32. The molecule has 1 saturated heterocycles. The summed E-state index contributed by atoms with van der Waals surface area (Å²) < 4.78 is 0. The molecule has 0 bridgehead atoms. The molecule has 1 rings (SSSR count). The normalized spacial score (nSPS) is 19.8. The van der Waals surface area contributed by atoms with Gasteiger partial charge in [0.15, 0.2) is 0 Å². The number of hydrogen-bond acceptors (Lipinski definition) is 4. The van der Waals surface area contributed by atoms with Crippen LogP contribution < -0.4 is 10.6 Å². The molecule has 1 fully saturated rings. The van der Waals surface area contributed by atoms with Gasteiger partial charge >= 0.3 is 0 Å². The molecule has 1 aliphatic heterocycles. The van der Waals surface area contributed by atoms with Crippen molar-refractivity contribution in [3.8, 4) is 6.07 Å². The number of rotatable bonds is 8. The lowest BCUT2D eigenvalue weighted by Crippen LogP contribution is -2.49. The highest BCUT2D eigenvalue weighted by Gasteiger charge is 2.23. The van der Waals surface area contributed by atoms with E-state index in [-0.39, 0.29) is 5.91 Å². The molecule has 1 amide bonds. The summed E-state index contributed by atoms with van der Waals surface area (Å²) in [5.41, 5.74) is 0. The number of likely N-dealkylation sites (tertiary alicyclic amines) is 1. The summed E-state index contributed by atoms with van der Waals surface area (Å²) in [6, 6.07) is 2.50. The Morgan fingerprint density at radius 3 is 2.95 bits per heavy atom. The fourth-order valence-electron chi connectivity index (χ4n) is 2.54. The van der Waals surface area contributed by atoms with Gasteiger partial charge in [-0.3, -0.25) is 9.69 Å². The van der Waals surface area contributed by atoms with Gasteiger partial charge in [-0.15, -0.1) is 0 Å².